The standard InChI is InChI=1S/C14H14ClFN2O/c1-19-8-9-4-2-3-5-13(9)18-14-7-11(16)10(15)6-12(14)17/h2-7,18H,8,17H2,1H3. The van der Waals surface area contributed by atoms with Gasteiger partial charge < -0.3 is 15.8 Å². The van der Waals surface area contributed by atoms with Crippen LogP contribution in [0.1, 0.15) is 5.56 Å². The minimum absolute atomic E-state index is 0.00762. The van der Waals surface area contributed by atoms with Crippen LogP contribution in [0.3, 0.4) is 0 Å². The van der Waals surface area contributed by atoms with Crippen molar-refractivity contribution >= 4 is 28.7 Å². The number of anilines is 3. The first kappa shape index (κ1) is 13.6. The predicted molar refractivity (Wildman–Crippen MR) is 76.3 cm³/mol. The molecule has 0 aliphatic heterocycles. The van der Waals surface area contributed by atoms with E-state index in [0.29, 0.717) is 18.0 Å². The third kappa shape index (κ3) is 3.16. The summed E-state index contributed by atoms with van der Waals surface area (Å²) in [7, 11) is 1.62. The molecule has 2 aromatic carbocycles. The predicted octanol–water partition coefficient (Wildman–Crippen LogP) is 3.95. The third-order valence-corrected chi connectivity index (χ3v) is 2.97. The molecular weight excluding hydrogens is 267 g/mol. The Morgan fingerprint density at radius 3 is 2.74 bits per heavy atom. The summed E-state index contributed by atoms with van der Waals surface area (Å²) in [4.78, 5) is 0. The second-order valence-electron chi connectivity index (χ2n) is 4.07. The number of para-hydroxylation sites is 1. The lowest BCUT2D eigenvalue weighted by atomic mass is 10.1. The highest BCUT2D eigenvalue weighted by atomic mass is 35.5. The molecule has 0 unspecified atom stereocenters. The minimum atomic E-state index is -0.511. The molecular formula is C14H14ClFN2O. The smallest absolute Gasteiger partial charge is 0.144 e. The van der Waals surface area contributed by atoms with E-state index in [2.05, 4.69) is 5.32 Å². The summed E-state index contributed by atoms with van der Waals surface area (Å²) in [5, 5.41) is 3.10. The highest BCUT2D eigenvalue weighted by Gasteiger charge is 2.08. The summed E-state index contributed by atoms with van der Waals surface area (Å²) in [6.07, 6.45) is 0. The summed E-state index contributed by atoms with van der Waals surface area (Å²) in [5.41, 5.74) is 8.46. The van der Waals surface area contributed by atoms with Crippen LogP contribution in [0.4, 0.5) is 21.5 Å². The second kappa shape index (κ2) is 5.91. The molecule has 0 aromatic heterocycles. The fourth-order valence-corrected chi connectivity index (χ4v) is 1.91. The van der Waals surface area contributed by atoms with Gasteiger partial charge in [-0.15, -0.1) is 0 Å². The molecule has 0 amide bonds. The number of nitrogens with one attached hydrogen (secondary N) is 1. The van der Waals surface area contributed by atoms with Gasteiger partial charge in [0.05, 0.1) is 23.0 Å². The largest absolute Gasteiger partial charge is 0.397 e. The van der Waals surface area contributed by atoms with Crippen molar-refractivity contribution in [2.45, 2.75) is 6.61 Å². The maximum Gasteiger partial charge on any atom is 0.144 e. The maximum absolute atomic E-state index is 13.5. The molecule has 0 atom stereocenters. The number of ether oxygens (including phenoxy) is 1. The van der Waals surface area contributed by atoms with Crippen molar-refractivity contribution in [3.8, 4) is 0 Å². The molecule has 0 spiro atoms. The molecule has 3 N–H and O–H groups in total. The lowest BCUT2D eigenvalue weighted by Crippen LogP contribution is -2.01. The van der Waals surface area contributed by atoms with Crippen LogP contribution in [0.25, 0.3) is 0 Å². The highest BCUT2D eigenvalue weighted by molar-refractivity contribution is 6.31. The van der Waals surface area contributed by atoms with Crippen LogP contribution in [-0.2, 0) is 11.3 Å². The maximum atomic E-state index is 13.5. The third-order valence-electron chi connectivity index (χ3n) is 2.68. The Balaban J connectivity index is 2.33. The number of benzene rings is 2. The average Bonchev–Trinajstić information content (AvgIpc) is 2.38. The van der Waals surface area contributed by atoms with Gasteiger partial charge in [0.2, 0.25) is 0 Å². The number of nitrogen functional groups attached to an aromatic ring is 1. The van der Waals surface area contributed by atoms with Crippen molar-refractivity contribution in [3.63, 3.8) is 0 Å². The van der Waals surface area contributed by atoms with Crippen molar-refractivity contribution in [2.75, 3.05) is 18.2 Å². The summed E-state index contributed by atoms with van der Waals surface area (Å²) in [6.45, 7) is 0.457. The normalized spacial score (nSPS) is 10.5. The van der Waals surface area contributed by atoms with Crippen LogP contribution >= 0.6 is 11.6 Å². The van der Waals surface area contributed by atoms with E-state index >= 15 is 0 Å². The topological polar surface area (TPSA) is 47.3 Å². The van der Waals surface area contributed by atoms with E-state index in [0.717, 1.165) is 11.3 Å². The van der Waals surface area contributed by atoms with Gasteiger partial charge in [-0.25, -0.2) is 4.39 Å². The van der Waals surface area contributed by atoms with Crippen molar-refractivity contribution < 1.29 is 9.13 Å². The zero-order valence-electron chi connectivity index (χ0n) is 10.4. The Kier molecular flexibility index (Phi) is 4.24. The van der Waals surface area contributed by atoms with Gasteiger partial charge in [0.25, 0.3) is 0 Å². The van der Waals surface area contributed by atoms with E-state index in [1.54, 1.807) is 7.11 Å². The van der Waals surface area contributed by atoms with Crippen molar-refractivity contribution in [3.05, 3.63) is 52.8 Å². The zero-order valence-corrected chi connectivity index (χ0v) is 11.2. The molecule has 0 bridgehead atoms. The van der Waals surface area contributed by atoms with Gasteiger partial charge >= 0.3 is 0 Å². The Morgan fingerprint density at radius 1 is 1.26 bits per heavy atom. The van der Waals surface area contributed by atoms with E-state index in [1.807, 2.05) is 24.3 Å². The first-order chi connectivity index (χ1) is 9.11. The zero-order chi connectivity index (χ0) is 13.8. The molecule has 0 aliphatic carbocycles. The molecule has 0 fully saturated rings. The van der Waals surface area contributed by atoms with Gasteiger partial charge in [0.1, 0.15) is 5.82 Å². The fraction of sp³-hybridized carbons (Fsp3) is 0.143. The van der Waals surface area contributed by atoms with Gasteiger partial charge in [-0.1, -0.05) is 29.8 Å². The number of hydrogen-bond donors (Lipinski definition) is 2. The van der Waals surface area contributed by atoms with E-state index in [4.69, 9.17) is 22.1 Å². The molecule has 0 saturated carbocycles. The second-order valence-corrected chi connectivity index (χ2v) is 4.48. The van der Waals surface area contributed by atoms with Crippen LogP contribution in [0.2, 0.25) is 5.02 Å². The average molecular weight is 281 g/mol. The summed E-state index contributed by atoms with van der Waals surface area (Å²) in [6, 6.07) is 10.3. The van der Waals surface area contributed by atoms with E-state index in [-0.39, 0.29) is 5.02 Å². The van der Waals surface area contributed by atoms with E-state index in [1.165, 1.54) is 12.1 Å². The van der Waals surface area contributed by atoms with Gasteiger partial charge in [-0.2, -0.15) is 0 Å². The van der Waals surface area contributed by atoms with Gasteiger partial charge in [0, 0.05) is 24.4 Å². The molecule has 0 aliphatic rings. The molecule has 2 aromatic rings. The number of nitrogens with two attached hydrogens (primary N) is 1. The summed E-state index contributed by atoms with van der Waals surface area (Å²) < 4.78 is 18.6. The summed E-state index contributed by atoms with van der Waals surface area (Å²) >= 11 is 5.67. The fourth-order valence-electron chi connectivity index (χ4n) is 1.74. The Labute approximate surface area is 116 Å². The monoisotopic (exact) mass is 280 g/mol. The van der Waals surface area contributed by atoms with Crippen molar-refractivity contribution in [1.82, 2.24) is 0 Å². The van der Waals surface area contributed by atoms with Crippen LogP contribution in [0, 0.1) is 5.82 Å². The number of halogens is 2. The van der Waals surface area contributed by atoms with E-state index < -0.39 is 5.82 Å². The first-order valence-electron chi connectivity index (χ1n) is 5.70. The van der Waals surface area contributed by atoms with Crippen LogP contribution in [-0.4, -0.2) is 7.11 Å². The Bertz CT molecular complexity index is 590. The van der Waals surface area contributed by atoms with Gasteiger partial charge in [0.15, 0.2) is 0 Å². The lowest BCUT2D eigenvalue weighted by molar-refractivity contribution is 0.185. The number of methoxy groups -OCH3 is 1. The summed E-state index contributed by atoms with van der Waals surface area (Å²) in [5.74, 6) is -0.511. The molecule has 0 radical (unpaired) electrons. The van der Waals surface area contributed by atoms with E-state index in [9.17, 15) is 4.39 Å². The highest BCUT2D eigenvalue weighted by Crippen LogP contribution is 2.30. The van der Waals surface area contributed by atoms with Crippen LogP contribution < -0.4 is 11.1 Å². The van der Waals surface area contributed by atoms with Crippen molar-refractivity contribution in [1.29, 1.82) is 0 Å². The molecule has 2 rings (SSSR count). The quantitative estimate of drug-likeness (QED) is 0.834. The number of hydrogen-bond acceptors (Lipinski definition) is 3. The van der Waals surface area contributed by atoms with Crippen LogP contribution in [0.15, 0.2) is 36.4 Å². The first-order valence-corrected chi connectivity index (χ1v) is 6.08. The Morgan fingerprint density at radius 2 is 2.00 bits per heavy atom. The number of rotatable bonds is 4. The van der Waals surface area contributed by atoms with Crippen molar-refractivity contribution in [2.24, 2.45) is 0 Å². The SMILES string of the molecule is COCc1ccccc1Nc1cc(F)c(Cl)cc1N. The van der Waals surface area contributed by atoms with Gasteiger partial charge in [-0.3, -0.25) is 0 Å². The minimum Gasteiger partial charge on any atom is -0.397 e. The van der Waals surface area contributed by atoms with Crippen LogP contribution in [0.5, 0.6) is 0 Å². The Hall–Kier alpha value is -1.78. The lowest BCUT2D eigenvalue weighted by Gasteiger charge is -2.13. The molecule has 19 heavy (non-hydrogen) atoms. The molecule has 0 heterocycles. The molecule has 3 nitrogen and oxygen atoms in total. The molecule has 100 valence electrons. The molecule has 5 heteroatoms. The molecule has 0 saturated heterocycles. The van der Waals surface area contributed by atoms with Gasteiger partial charge in [-0.05, 0) is 12.1 Å².